The zero-order valence-corrected chi connectivity index (χ0v) is 14.1. The molecule has 4 rings (SSSR count). The Kier molecular flexibility index (Phi) is 3.87. The van der Waals surface area contributed by atoms with Gasteiger partial charge in [-0.15, -0.1) is 0 Å². The molecule has 0 spiro atoms. The normalized spacial score (nSPS) is 15.6. The minimum Gasteiger partial charge on any atom is -0.481 e. The Labute approximate surface area is 145 Å². The minimum atomic E-state index is -0.699. The van der Waals surface area contributed by atoms with E-state index in [1.165, 1.54) is 0 Å². The molecule has 3 heterocycles. The van der Waals surface area contributed by atoms with Gasteiger partial charge >= 0.3 is 5.97 Å². The molecule has 0 radical (unpaired) electrons. The predicted molar refractivity (Wildman–Crippen MR) is 96.6 cm³/mol. The van der Waals surface area contributed by atoms with Crippen LogP contribution in [0.5, 0.6) is 0 Å². The number of aryl methyl sites for hydroxylation is 1. The Hall–Kier alpha value is -2.89. The molecule has 0 unspecified atom stereocenters. The van der Waals surface area contributed by atoms with Gasteiger partial charge in [-0.05, 0) is 25.8 Å². The number of hydrogen-bond acceptors (Lipinski definition) is 4. The molecule has 1 saturated heterocycles. The highest BCUT2D eigenvalue weighted by Gasteiger charge is 2.26. The molecular weight excluding hydrogens is 316 g/mol. The molecule has 1 aromatic carbocycles. The van der Waals surface area contributed by atoms with Crippen LogP contribution in [-0.4, -0.2) is 39.1 Å². The Morgan fingerprint density at radius 1 is 1.20 bits per heavy atom. The quantitative estimate of drug-likeness (QED) is 0.767. The summed E-state index contributed by atoms with van der Waals surface area (Å²) in [6.45, 7) is 3.40. The smallest absolute Gasteiger partial charge is 0.306 e. The van der Waals surface area contributed by atoms with Crippen LogP contribution in [0.25, 0.3) is 22.4 Å². The molecule has 0 atom stereocenters. The highest BCUT2D eigenvalue weighted by atomic mass is 16.4. The maximum absolute atomic E-state index is 11.2. The molecule has 0 saturated carbocycles. The van der Waals surface area contributed by atoms with Crippen LogP contribution in [-0.2, 0) is 4.79 Å². The molecule has 3 aromatic rings. The molecule has 2 N–H and O–H groups in total. The van der Waals surface area contributed by atoms with E-state index in [4.69, 9.17) is 4.98 Å². The lowest BCUT2D eigenvalue weighted by atomic mass is 9.97. The van der Waals surface area contributed by atoms with E-state index in [1.54, 1.807) is 0 Å². The van der Waals surface area contributed by atoms with Crippen LogP contribution < -0.4 is 4.90 Å². The molecule has 2 aromatic heterocycles. The van der Waals surface area contributed by atoms with Gasteiger partial charge in [-0.1, -0.05) is 30.3 Å². The third-order valence-electron chi connectivity index (χ3n) is 4.78. The van der Waals surface area contributed by atoms with Gasteiger partial charge in [0.1, 0.15) is 11.5 Å². The van der Waals surface area contributed by atoms with Crippen LogP contribution in [0.2, 0.25) is 0 Å². The molecule has 0 aliphatic carbocycles. The first kappa shape index (κ1) is 15.6. The molecule has 25 heavy (non-hydrogen) atoms. The zero-order valence-electron chi connectivity index (χ0n) is 14.1. The molecule has 1 aliphatic heterocycles. The lowest BCUT2D eigenvalue weighted by Crippen LogP contribution is -2.37. The van der Waals surface area contributed by atoms with Crippen LogP contribution >= 0.6 is 0 Å². The Balaban J connectivity index is 1.76. The van der Waals surface area contributed by atoms with E-state index < -0.39 is 5.97 Å². The van der Waals surface area contributed by atoms with E-state index in [2.05, 4.69) is 20.9 Å². The van der Waals surface area contributed by atoms with Crippen LogP contribution in [0.15, 0.2) is 36.4 Å². The third kappa shape index (κ3) is 2.95. The maximum atomic E-state index is 11.2. The van der Waals surface area contributed by atoms with Crippen LogP contribution in [0.3, 0.4) is 0 Å². The zero-order chi connectivity index (χ0) is 17.4. The summed E-state index contributed by atoms with van der Waals surface area (Å²) < 4.78 is 0. The molecule has 6 nitrogen and oxygen atoms in total. The number of fused-ring (bicyclic) bond motifs is 1. The van der Waals surface area contributed by atoms with E-state index in [0.29, 0.717) is 31.8 Å². The second-order valence-electron chi connectivity index (χ2n) is 6.55. The monoisotopic (exact) mass is 336 g/mol. The fraction of sp³-hybridized carbons (Fsp3) is 0.316. The minimum absolute atomic E-state index is 0.255. The second-order valence-corrected chi connectivity index (χ2v) is 6.55. The van der Waals surface area contributed by atoms with Gasteiger partial charge in [-0.2, -0.15) is 0 Å². The lowest BCUT2D eigenvalue weighted by Gasteiger charge is -2.31. The summed E-state index contributed by atoms with van der Waals surface area (Å²) in [5.41, 5.74) is 2.83. The van der Waals surface area contributed by atoms with Gasteiger partial charge in [0.2, 0.25) is 0 Å². The van der Waals surface area contributed by atoms with E-state index >= 15 is 0 Å². The van der Waals surface area contributed by atoms with E-state index in [-0.39, 0.29) is 5.92 Å². The number of aromatic amines is 1. The second kappa shape index (κ2) is 6.20. The molecular formula is C19H20N4O2. The number of aliphatic carboxylic acids is 1. The van der Waals surface area contributed by atoms with Gasteiger partial charge < -0.3 is 15.0 Å². The SMILES string of the molecule is Cc1cc2c(N3CCC(C(=O)O)CC3)nc(-c3ccccc3)nc2[nH]1. The first-order chi connectivity index (χ1) is 12.1. The fourth-order valence-electron chi connectivity index (χ4n) is 3.42. The van der Waals surface area contributed by atoms with Gasteiger partial charge in [-0.3, -0.25) is 4.79 Å². The highest BCUT2D eigenvalue weighted by molar-refractivity contribution is 5.90. The number of aromatic nitrogens is 3. The lowest BCUT2D eigenvalue weighted by molar-refractivity contribution is -0.142. The van der Waals surface area contributed by atoms with Gasteiger partial charge in [0.15, 0.2) is 5.82 Å². The largest absolute Gasteiger partial charge is 0.481 e. The fourth-order valence-corrected chi connectivity index (χ4v) is 3.42. The first-order valence-corrected chi connectivity index (χ1v) is 8.52. The van der Waals surface area contributed by atoms with Crippen molar-refractivity contribution in [1.29, 1.82) is 0 Å². The average Bonchev–Trinajstić information content (AvgIpc) is 3.02. The summed E-state index contributed by atoms with van der Waals surface area (Å²) in [4.78, 5) is 26.2. The van der Waals surface area contributed by atoms with Crippen molar-refractivity contribution < 1.29 is 9.90 Å². The van der Waals surface area contributed by atoms with Crippen LogP contribution in [0.4, 0.5) is 5.82 Å². The molecule has 1 fully saturated rings. The Bertz CT molecular complexity index is 912. The molecule has 0 bridgehead atoms. The van der Waals surface area contributed by atoms with Crippen LogP contribution in [0.1, 0.15) is 18.5 Å². The summed E-state index contributed by atoms with van der Waals surface area (Å²) in [6, 6.07) is 12.0. The molecule has 128 valence electrons. The van der Waals surface area contributed by atoms with Gasteiger partial charge in [-0.25, -0.2) is 9.97 Å². The number of benzene rings is 1. The summed E-state index contributed by atoms with van der Waals surface area (Å²) in [5, 5.41) is 10.2. The number of nitrogens with one attached hydrogen (secondary N) is 1. The number of piperidine rings is 1. The van der Waals surface area contributed by atoms with Crippen molar-refractivity contribution in [3.05, 3.63) is 42.1 Å². The van der Waals surface area contributed by atoms with Gasteiger partial charge in [0, 0.05) is 24.3 Å². The van der Waals surface area contributed by atoms with Crippen LogP contribution in [0, 0.1) is 12.8 Å². The van der Waals surface area contributed by atoms with Crippen molar-refractivity contribution in [2.75, 3.05) is 18.0 Å². The van der Waals surface area contributed by atoms with Crippen molar-refractivity contribution in [1.82, 2.24) is 15.0 Å². The number of rotatable bonds is 3. The summed E-state index contributed by atoms with van der Waals surface area (Å²) in [6.07, 6.45) is 1.29. The molecule has 6 heteroatoms. The van der Waals surface area contributed by atoms with E-state index in [0.717, 1.165) is 28.1 Å². The topological polar surface area (TPSA) is 82.1 Å². The number of anilines is 1. The van der Waals surface area contributed by atoms with Crippen molar-refractivity contribution in [3.8, 4) is 11.4 Å². The highest BCUT2D eigenvalue weighted by Crippen LogP contribution is 2.31. The van der Waals surface area contributed by atoms with Gasteiger partial charge in [0.25, 0.3) is 0 Å². The number of carboxylic acids is 1. The van der Waals surface area contributed by atoms with Crippen molar-refractivity contribution >= 4 is 22.8 Å². The predicted octanol–water partition coefficient (Wildman–Crippen LogP) is 3.23. The molecule has 0 amide bonds. The Morgan fingerprint density at radius 3 is 2.60 bits per heavy atom. The maximum Gasteiger partial charge on any atom is 0.306 e. The number of hydrogen-bond donors (Lipinski definition) is 2. The summed E-state index contributed by atoms with van der Waals surface area (Å²) in [7, 11) is 0. The van der Waals surface area contributed by atoms with Crippen molar-refractivity contribution in [3.63, 3.8) is 0 Å². The van der Waals surface area contributed by atoms with Gasteiger partial charge in [0.05, 0.1) is 11.3 Å². The summed E-state index contributed by atoms with van der Waals surface area (Å²) >= 11 is 0. The van der Waals surface area contributed by atoms with E-state index in [9.17, 15) is 9.90 Å². The number of H-pyrrole nitrogens is 1. The first-order valence-electron chi connectivity index (χ1n) is 8.52. The summed E-state index contributed by atoms with van der Waals surface area (Å²) in [5.74, 6) is 0.618. The van der Waals surface area contributed by atoms with Crippen molar-refractivity contribution in [2.45, 2.75) is 19.8 Å². The Morgan fingerprint density at radius 2 is 1.92 bits per heavy atom. The standard InChI is InChI=1S/C19H20N4O2/c1-12-11-15-17(20-12)21-16(13-5-3-2-4-6-13)22-18(15)23-9-7-14(8-10-23)19(24)25/h2-6,11,14H,7-10H2,1H3,(H,24,25)(H,20,21,22). The average molecular weight is 336 g/mol. The van der Waals surface area contributed by atoms with E-state index in [1.807, 2.05) is 37.3 Å². The molecule has 1 aliphatic rings. The van der Waals surface area contributed by atoms with Crippen molar-refractivity contribution in [2.24, 2.45) is 5.92 Å². The number of carbonyl (C=O) groups is 1. The number of carboxylic acid groups (broad SMARTS) is 1. The third-order valence-corrected chi connectivity index (χ3v) is 4.78. The number of nitrogens with zero attached hydrogens (tertiary/aromatic N) is 3.